The van der Waals surface area contributed by atoms with E-state index < -0.39 is 12.7 Å². The molecule has 0 amide bonds. The molecule has 0 fully saturated rings. The first-order valence-electron chi connectivity index (χ1n) is 7.25. The number of aromatic hydroxyl groups is 1. The van der Waals surface area contributed by atoms with Gasteiger partial charge in [-0.3, -0.25) is 4.57 Å². The minimum Gasteiger partial charge on any atom is -0.504 e. The molecule has 0 aliphatic rings. The quantitative estimate of drug-likeness (QED) is 0.629. The fourth-order valence-corrected chi connectivity index (χ4v) is 3.84. The minimum absolute atomic E-state index is 0.0348. The summed E-state index contributed by atoms with van der Waals surface area (Å²) in [5, 5.41) is 19.6. The van der Waals surface area contributed by atoms with E-state index in [-0.39, 0.29) is 10.9 Å². The number of thioether (sulfide) groups is 1. The molecule has 0 saturated heterocycles. The molecule has 0 radical (unpaired) electrons. The Morgan fingerprint density at radius 1 is 1.35 bits per heavy atom. The van der Waals surface area contributed by atoms with Crippen LogP contribution in [0.25, 0.3) is 10.6 Å². The molecule has 1 aromatic carbocycles. The van der Waals surface area contributed by atoms with Crippen LogP contribution in [-0.4, -0.2) is 38.1 Å². The lowest BCUT2D eigenvalue weighted by Crippen LogP contribution is -2.17. The Balaban J connectivity index is 1.69. The lowest BCUT2D eigenvalue weighted by atomic mass is 10.2. The van der Waals surface area contributed by atoms with Gasteiger partial charge in [0, 0.05) is 16.7 Å². The normalized spacial score (nSPS) is 11.7. The first-order valence-corrected chi connectivity index (χ1v) is 9.11. The highest BCUT2D eigenvalue weighted by Gasteiger charge is 2.29. The third kappa shape index (κ3) is 4.47. The molecule has 26 heavy (non-hydrogen) atoms. The van der Waals surface area contributed by atoms with Gasteiger partial charge in [-0.15, -0.1) is 21.5 Å². The highest BCUT2D eigenvalue weighted by molar-refractivity contribution is 7.98. The number of phenols is 1. The van der Waals surface area contributed by atoms with Gasteiger partial charge in [0.25, 0.3) is 0 Å². The Morgan fingerprint density at radius 3 is 2.88 bits per heavy atom. The van der Waals surface area contributed by atoms with Crippen LogP contribution in [0.4, 0.5) is 13.2 Å². The van der Waals surface area contributed by atoms with Crippen LogP contribution >= 0.6 is 23.1 Å². The van der Waals surface area contributed by atoms with Crippen molar-refractivity contribution in [2.75, 3.05) is 7.11 Å². The molecular weight excluding hydrogens is 389 g/mol. The third-order valence-corrected chi connectivity index (χ3v) is 5.21. The largest absolute Gasteiger partial charge is 0.504 e. The van der Waals surface area contributed by atoms with Crippen molar-refractivity contribution in [3.63, 3.8) is 0 Å². The summed E-state index contributed by atoms with van der Waals surface area (Å²) in [6.07, 6.45) is -3.27. The summed E-state index contributed by atoms with van der Waals surface area (Å²) in [6, 6.07) is 4.90. The highest BCUT2D eigenvalue weighted by atomic mass is 32.2. The molecule has 138 valence electrons. The van der Waals surface area contributed by atoms with Gasteiger partial charge in [-0.2, -0.15) is 13.2 Å². The molecule has 0 unspecified atom stereocenters. The predicted molar refractivity (Wildman–Crippen MR) is 91.4 cm³/mol. The number of alkyl halides is 3. The average molecular weight is 402 g/mol. The molecule has 6 nitrogen and oxygen atoms in total. The van der Waals surface area contributed by atoms with E-state index in [2.05, 4.69) is 15.2 Å². The average Bonchev–Trinajstić information content (AvgIpc) is 3.21. The molecule has 3 rings (SSSR count). The zero-order valence-electron chi connectivity index (χ0n) is 13.4. The van der Waals surface area contributed by atoms with Gasteiger partial charge < -0.3 is 9.84 Å². The Morgan fingerprint density at radius 2 is 2.15 bits per heavy atom. The maximum atomic E-state index is 12.5. The number of hydrogen-bond donors (Lipinski definition) is 1. The molecule has 2 heterocycles. The Labute approximate surface area is 154 Å². The first kappa shape index (κ1) is 18.5. The van der Waals surface area contributed by atoms with E-state index in [9.17, 15) is 18.3 Å². The summed E-state index contributed by atoms with van der Waals surface area (Å²) in [5.41, 5.74) is 1.49. The van der Waals surface area contributed by atoms with Crippen LogP contribution in [-0.2, 0) is 12.3 Å². The minimum atomic E-state index is -4.33. The van der Waals surface area contributed by atoms with Crippen LogP contribution in [0.15, 0.2) is 35.1 Å². The monoisotopic (exact) mass is 402 g/mol. The van der Waals surface area contributed by atoms with Crippen LogP contribution < -0.4 is 4.74 Å². The van der Waals surface area contributed by atoms with Gasteiger partial charge in [0.05, 0.1) is 12.8 Å². The highest BCUT2D eigenvalue weighted by Crippen LogP contribution is 2.33. The van der Waals surface area contributed by atoms with Crippen molar-refractivity contribution in [1.82, 2.24) is 19.7 Å². The number of methoxy groups -OCH3 is 1. The number of phenolic OH excluding ortho intramolecular Hbond substituents is 1. The van der Waals surface area contributed by atoms with Crippen LogP contribution in [0.5, 0.6) is 11.5 Å². The van der Waals surface area contributed by atoms with Crippen molar-refractivity contribution in [3.8, 4) is 22.1 Å². The molecule has 3 aromatic rings. The number of nitrogens with zero attached hydrogens (tertiary/aromatic N) is 4. The topological polar surface area (TPSA) is 73.1 Å². The summed E-state index contributed by atoms with van der Waals surface area (Å²) in [7, 11) is 1.46. The second-order valence-corrected chi connectivity index (χ2v) is 6.98. The van der Waals surface area contributed by atoms with Gasteiger partial charge >= 0.3 is 6.18 Å². The number of thiazole rings is 1. The van der Waals surface area contributed by atoms with Crippen molar-refractivity contribution >= 4 is 23.1 Å². The first-order chi connectivity index (χ1) is 12.4. The van der Waals surface area contributed by atoms with Gasteiger partial charge in [-0.05, 0) is 18.2 Å². The fraction of sp³-hybridized carbons (Fsp3) is 0.267. The Bertz CT molecular complexity index is 895. The molecule has 0 aliphatic carbocycles. The smallest absolute Gasteiger partial charge is 0.406 e. The van der Waals surface area contributed by atoms with Crippen LogP contribution in [0.1, 0.15) is 5.69 Å². The molecule has 2 aromatic heterocycles. The number of hydrogen-bond acceptors (Lipinski definition) is 7. The van der Waals surface area contributed by atoms with Crippen LogP contribution in [0.3, 0.4) is 0 Å². The number of aromatic nitrogens is 4. The number of halogens is 3. The van der Waals surface area contributed by atoms with Crippen molar-refractivity contribution < 1.29 is 23.0 Å². The lowest BCUT2D eigenvalue weighted by molar-refractivity contribution is -0.142. The molecular formula is C15H13F3N4O2S2. The summed E-state index contributed by atoms with van der Waals surface area (Å²) in [4.78, 5) is 4.47. The van der Waals surface area contributed by atoms with Gasteiger partial charge in [-0.25, -0.2) is 4.98 Å². The summed E-state index contributed by atoms with van der Waals surface area (Å²) >= 11 is 2.53. The van der Waals surface area contributed by atoms with E-state index in [0.29, 0.717) is 17.2 Å². The summed E-state index contributed by atoms with van der Waals surface area (Å²) in [5.74, 6) is 0.740. The van der Waals surface area contributed by atoms with Crippen molar-refractivity contribution in [2.45, 2.75) is 23.6 Å². The third-order valence-electron chi connectivity index (χ3n) is 3.26. The zero-order chi connectivity index (χ0) is 18.7. The van der Waals surface area contributed by atoms with E-state index in [4.69, 9.17) is 4.74 Å². The van der Waals surface area contributed by atoms with Crippen LogP contribution in [0.2, 0.25) is 0 Å². The molecule has 1 N–H and O–H groups in total. The van der Waals surface area contributed by atoms with Crippen molar-refractivity contribution in [1.29, 1.82) is 0 Å². The van der Waals surface area contributed by atoms with Gasteiger partial charge in [0.2, 0.25) is 0 Å². The molecule has 0 atom stereocenters. The molecule has 0 saturated carbocycles. The summed E-state index contributed by atoms with van der Waals surface area (Å²) < 4.78 is 43.6. The van der Waals surface area contributed by atoms with Gasteiger partial charge in [0.15, 0.2) is 16.7 Å². The van der Waals surface area contributed by atoms with Crippen LogP contribution in [0, 0.1) is 0 Å². The van der Waals surface area contributed by atoms with E-state index in [1.54, 1.807) is 12.1 Å². The predicted octanol–water partition coefficient (Wildman–Crippen LogP) is 3.97. The second kappa shape index (κ2) is 7.54. The Hall–Kier alpha value is -2.27. The maximum absolute atomic E-state index is 12.5. The van der Waals surface area contributed by atoms with E-state index in [1.165, 1.54) is 24.5 Å². The summed E-state index contributed by atoms with van der Waals surface area (Å²) in [6.45, 7) is -1.13. The van der Waals surface area contributed by atoms with E-state index in [0.717, 1.165) is 33.2 Å². The van der Waals surface area contributed by atoms with Gasteiger partial charge in [-0.1, -0.05) is 11.8 Å². The molecule has 0 spiro atoms. The molecule has 0 bridgehead atoms. The maximum Gasteiger partial charge on any atom is 0.406 e. The Kier molecular flexibility index (Phi) is 5.37. The number of ether oxygens (including phenoxy) is 1. The number of benzene rings is 1. The van der Waals surface area contributed by atoms with Crippen molar-refractivity contribution in [2.24, 2.45) is 0 Å². The van der Waals surface area contributed by atoms with Crippen molar-refractivity contribution in [3.05, 3.63) is 35.6 Å². The number of rotatable bonds is 6. The standard InChI is InChI=1S/C15H13F3N4O2S2/c1-24-12-4-9(2-3-11(12)23)13-20-10(5-25-13)6-26-14-21-19-8-22(14)7-15(16,17)18/h2-5,8,23H,6-7H2,1H3. The molecule has 11 heteroatoms. The SMILES string of the molecule is COc1cc(-c2nc(CSc3nncn3CC(F)(F)F)cs2)ccc1O. The van der Waals surface area contributed by atoms with E-state index in [1.807, 2.05) is 5.38 Å². The fourth-order valence-electron chi connectivity index (χ4n) is 2.11. The second-order valence-electron chi connectivity index (χ2n) is 5.18. The van der Waals surface area contributed by atoms with Gasteiger partial charge in [0.1, 0.15) is 17.9 Å². The van der Waals surface area contributed by atoms with E-state index >= 15 is 0 Å². The molecule has 0 aliphatic heterocycles. The zero-order valence-corrected chi connectivity index (χ0v) is 15.0. The lowest BCUT2D eigenvalue weighted by Gasteiger charge is -2.08.